The molecule has 0 unspecified atom stereocenters. The van der Waals surface area contributed by atoms with Gasteiger partial charge in [0.15, 0.2) is 18.1 Å². The van der Waals surface area contributed by atoms with Gasteiger partial charge in [-0.2, -0.15) is 0 Å². The molecule has 0 saturated carbocycles. The SMILES string of the molecule is COc1ccc(Cl)cc1NC(=O)COc1ccccc1OC. The minimum atomic E-state index is -0.327. The van der Waals surface area contributed by atoms with Crippen LogP contribution in [0.1, 0.15) is 0 Å². The summed E-state index contributed by atoms with van der Waals surface area (Å²) in [5, 5.41) is 3.20. The molecule has 1 N–H and O–H groups in total. The lowest BCUT2D eigenvalue weighted by molar-refractivity contribution is -0.118. The first-order chi connectivity index (χ1) is 10.6. The first-order valence-electron chi connectivity index (χ1n) is 6.53. The predicted octanol–water partition coefficient (Wildman–Crippen LogP) is 3.37. The molecule has 0 bridgehead atoms. The van der Waals surface area contributed by atoms with Gasteiger partial charge in [-0.15, -0.1) is 0 Å². The van der Waals surface area contributed by atoms with Gasteiger partial charge in [-0.25, -0.2) is 0 Å². The van der Waals surface area contributed by atoms with E-state index >= 15 is 0 Å². The van der Waals surface area contributed by atoms with Crippen molar-refractivity contribution in [2.75, 3.05) is 26.1 Å². The Morgan fingerprint density at radius 3 is 2.41 bits per heavy atom. The third-order valence-corrected chi connectivity index (χ3v) is 3.10. The Bertz CT molecular complexity index is 660. The molecule has 1 amide bonds. The van der Waals surface area contributed by atoms with Crippen molar-refractivity contribution in [1.29, 1.82) is 0 Å². The molecule has 0 aliphatic heterocycles. The van der Waals surface area contributed by atoms with Gasteiger partial charge in [-0.1, -0.05) is 23.7 Å². The highest BCUT2D eigenvalue weighted by molar-refractivity contribution is 6.31. The van der Waals surface area contributed by atoms with Crippen LogP contribution in [0, 0.1) is 0 Å². The molecule has 22 heavy (non-hydrogen) atoms. The molecule has 2 rings (SSSR count). The minimum Gasteiger partial charge on any atom is -0.495 e. The van der Waals surface area contributed by atoms with E-state index in [2.05, 4.69) is 5.32 Å². The number of nitrogens with one attached hydrogen (secondary N) is 1. The van der Waals surface area contributed by atoms with Gasteiger partial charge in [-0.05, 0) is 30.3 Å². The van der Waals surface area contributed by atoms with Crippen molar-refractivity contribution in [2.45, 2.75) is 0 Å². The van der Waals surface area contributed by atoms with Gasteiger partial charge in [0.05, 0.1) is 19.9 Å². The summed E-state index contributed by atoms with van der Waals surface area (Å²) in [5.41, 5.74) is 0.489. The Morgan fingerprint density at radius 1 is 1.05 bits per heavy atom. The van der Waals surface area contributed by atoms with Crippen molar-refractivity contribution < 1.29 is 19.0 Å². The molecular formula is C16H16ClNO4. The summed E-state index contributed by atoms with van der Waals surface area (Å²) < 4.78 is 15.8. The number of carbonyl (C=O) groups is 1. The quantitative estimate of drug-likeness (QED) is 0.886. The molecule has 5 nitrogen and oxygen atoms in total. The van der Waals surface area contributed by atoms with Crippen LogP contribution in [0.3, 0.4) is 0 Å². The number of anilines is 1. The van der Waals surface area contributed by atoms with E-state index in [-0.39, 0.29) is 12.5 Å². The summed E-state index contributed by atoms with van der Waals surface area (Å²) >= 11 is 5.92. The van der Waals surface area contributed by atoms with Crippen LogP contribution in [0.5, 0.6) is 17.2 Å². The smallest absolute Gasteiger partial charge is 0.262 e. The van der Waals surface area contributed by atoms with E-state index < -0.39 is 0 Å². The Kier molecular flexibility index (Phi) is 5.49. The molecular weight excluding hydrogens is 306 g/mol. The summed E-state index contributed by atoms with van der Waals surface area (Å²) in [4.78, 5) is 12.0. The maximum atomic E-state index is 12.0. The average Bonchev–Trinajstić information content (AvgIpc) is 2.53. The van der Waals surface area contributed by atoms with Gasteiger partial charge in [-0.3, -0.25) is 4.79 Å². The molecule has 0 saturated heterocycles. The fourth-order valence-electron chi connectivity index (χ4n) is 1.85. The predicted molar refractivity (Wildman–Crippen MR) is 85.1 cm³/mol. The number of ether oxygens (including phenoxy) is 3. The van der Waals surface area contributed by atoms with Crippen molar-refractivity contribution >= 4 is 23.2 Å². The van der Waals surface area contributed by atoms with Crippen molar-refractivity contribution in [3.63, 3.8) is 0 Å². The summed E-state index contributed by atoms with van der Waals surface area (Å²) in [6.45, 7) is -0.157. The Balaban J connectivity index is 2.00. The van der Waals surface area contributed by atoms with Crippen LogP contribution in [-0.4, -0.2) is 26.7 Å². The minimum absolute atomic E-state index is 0.157. The van der Waals surface area contributed by atoms with Gasteiger partial charge in [0.1, 0.15) is 5.75 Å². The molecule has 2 aromatic carbocycles. The lowest BCUT2D eigenvalue weighted by atomic mass is 10.3. The highest BCUT2D eigenvalue weighted by Crippen LogP contribution is 2.28. The average molecular weight is 322 g/mol. The zero-order valence-corrected chi connectivity index (χ0v) is 13.0. The second-order valence-corrected chi connectivity index (χ2v) is 4.77. The second-order valence-electron chi connectivity index (χ2n) is 4.33. The zero-order valence-electron chi connectivity index (χ0n) is 12.3. The Hall–Kier alpha value is -2.40. The van der Waals surface area contributed by atoms with E-state index in [1.165, 1.54) is 7.11 Å². The number of carbonyl (C=O) groups excluding carboxylic acids is 1. The third kappa shape index (κ3) is 4.05. The van der Waals surface area contributed by atoms with E-state index in [1.807, 2.05) is 6.07 Å². The fourth-order valence-corrected chi connectivity index (χ4v) is 2.02. The molecule has 0 fully saturated rings. The number of benzene rings is 2. The summed E-state index contributed by atoms with van der Waals surface area (Å²) in [5.74, 6) is 1.26. The van der Waals surface area contributed by atoms with Crippen LogP contribution >= 0.6 is 11.6 Å². The number of amides is 1. The van der Waals surface area contributed by atoms with Crippen LogP contribution in [0.25, 0.3) is 0 Å². The molecule has 2 aromatic rings. The van der Waals surface area contributed by atoms with Gasteiger partial charge < -0.3 is 19.5 Å². The monoisotopic (exact) mass is 321 g/mol. The van der Waals surface area contributed by atoms with Crippen LogP contribution in [0.15, 0.2) is 42.5 Å². The maximum Gasteiger partial charge on any atom is 0.262 e. The number of halogens is 1. The van der Waals surface area contributed by atoms with E-state index in [4.69, 9.17) is 25.8 Å². The largest absolute Gasteiger partial charge is 0.495 e. The summed E-state index contributed by atoms with van der Waals surface area (Å²) in [7, 11) is 3.06. The number of methoxy groups -OCH3 is 2. The third-order valence-electron chi connectivity index (χ3n) is 2.86. The van der Waals surface area contributed by atoms with Crippen molar-refractivity contribution in [3.05, 3.63) is 47.5 Å². The molecule has 6 heteroatoms. The standard InChI is InChI=1S/C16H16ClNO4/c1-20-13-8-7-11(17)9-12(13)18-16(19)10-22-15-6-4-3-5-14(15)21-2/h3-9H,10H2,1-2H3,(H,18,19). The van der Waals surface area contributed by atoms with Crippen molar-refractivity contribution in [2.24, 2.45) is 0 Å². The van der Waals surface area contributed by atoms with E-state index in [0.29, 0.717) is 28.0 Å². The molecule has 0 atom stereocenters. The normalized spacial score (nSPS) is 9.95. The Labute approximate surface area is 133 Å². The molecule has 0 aromatic heterocycles. The maximum absolute atomic E-state index is 12.0. The van der Waals surface area contributed by atoms with Gasteiger partial charge >= 0.3 is 0 Å². The van der Waals surface area contributed by atoms with Crippen molar-refractivity contribution in [1.82, 2.24) is 0 Å². The molecule has 0 aliphatic carbocycles. The van der Waals surface area contributed by atoms with Crippen molar-refractivity contribution in [3.8, 4) is 17.2 Å². The fraction of sp³-hybridized carbons (Fsp3) is 0.188. The van der Waals surface area contributed by atoms with E-state index in [1.54, 1.807) is 43.5 Å². The number of para-hydroxylation sites is 2. The van der Waals surface area contributed by atoms with Crippen LogP contribution < -0.4 is 19.5 Å². The first-order valence-corrected chi connectivity index (χ1v) is 6.91. The Morgan fingerprint density at radius 2 is 1.73 bits per heavy atom. The number of hydrogen-bond acceptors (Lipinski definition) is 4. The molecule has 0 spiro atoms. The van der Waals surface area contributed by atoms with E-state index in [0.717, 1.165) is 0 Å². The van der Waals surface area contributed by atoms with E-state index in [9.17, 15) is 4.79 Å². The highest BCUT2D eigenvalue weighted by Gasteiger charge is 2.10. The van der Waals surface area contributed by atoms with Crippen LogP contribution in [0.4, 0.5) is 5.69 Å². The lowest BCUT2D eigenvalue weighted by Gasteiger charge is -2.12. The van der Waals surface area contributed by atoms with Gasteiger partial charge in [0, 0.05) is 5.02 Å². The molecule has 116 valence electrons. The summed E-state index contributed by atoms with van der Waals surface area (Å²) in [6, 6.07) is 12.1. The van der Waals surface area contributed by atoms with Crippen LogP contribution in [0.2, 0.25) is 5.02 Å². The van der Waals surface area contributed by atoms with Crippen LogP contribution in [-0.2, 0) is 4.79 Å². The highest BCUT2D eigenvalue weighted by atomic mass is 35.5. The topological polar surface area (TPSA) is 56.8 Å². The lowest BCUT2D eigenvalue weighted by Crippen LogP contribution is -2.20. The second kappa shape index (κ2) is 7.56. The van der Waals surface area contributed by atoms with Gasteiger partial charge in [0.25, 0.3) is 5.91 Å². The molecule has 0 aliphatic rings. The molecule has 0 heterocycles. The summed E-state index contributed by atoms with van der Waals surface area (Å²) in [6.07, 6.45) is 0. The first kappa shape index (κ1) is 16.0. The number of rotatable bonds is 6. The number of hydrogen-bond donors (Lipinski definition) is 1. The van der Waals surface area contributed by atoms with Gasteiger partial charge in [0.2, 0.25) is 0 Å². The molecule has 0 radical (unpaired) electrons. The zero-order chi connectivity index (χ0) is 15.9.